The van der Waals surface area contributed by atoms with Gasteiger partial charge in [-0.1, -0.05) is 113 Å². The molecular formula is C30H40N2O2. The molecule has 3 aromatic rings. The van der Waals surface area contributed by atoms with Gasteiger partial charge in [-0.2, -0.15) is 0 Å². The Kier molecular flexibility index (Phi) is 10.9. The highest BCUT2D eigenvalue weighted by atomic mass is 16.4. The third-order valence-electron chi connectivity index (χ3n) is 6.42. The number of aliphatic carboxylic acids is 1. The van der Waals surface area contributed by atoms with Crippen molar-refractivity contribution in [1.82, 2.24) is 9.55 Å². The molecule has 0 unspecified atom stereocenters. The summed E-state index contributed by atoms with van der Waals surface area (Å²) in [5.41, 5.74) is 4.69. The topological polar surface area (TPSA) is 55.1 Å². The van der Waals surface area contributed by atoms with Crippen LogP contribution in [0.25, 0.3) is 22.5 Å². The SMILES string of the molecule is CCCCCCCc1nc(-c2ccccc2)c(-c2ccccc2)n1CCCCCCCC(=O)O. The number of imidazole rings is 1. The summed E-state index contributed by atoms with van der Waals surface area (Å²) in [6.45, 7) is 3.21. The van der Waals surface area contributed by atoms with Crippen LogP contribution in [0.3, 0.4) is 0 Å². The summed E-state index contributed by atoms with van der Waals surface area (Å²) < 4.78 is 2.47. The fourth-order valence-corrected chi connectivity index (χ4v) is 4.58. The van der Waals surface area contributed by atoms with E-state index in [0.29, 0.717) is 0 Å². The van der Waals surface area contributed by atoms with E-state index in [0.717, 1.165) is 50.8 Å². The van der Waals surface area contributed by atoms with Crippen LogP contribution in [0.2, 0.25) is 0 Å². The van der Waals surface area contributed by atoms with Crippen molar-refractivity contribution in [3.05, 3.63) is 66.5 Å². The van der Waals surface area contributed by atoms with Crippen molar-refractivity contribution in [3.63, 3.8) is 0 Å². The minimum atomic E-state index is -0.692. The number of rotatable bonds is 16. The molecule has 182 valence electrons. The van der Waals surface area contributed by atoms with Crippen LogP contribution >= 0.6 is 0 Å². The van der Waals surface area contributed by atoms with Crippen molar-refractivity contribution >= 4 is 5.97 Å². The summed E-state index contributed by atoms with van der Waals surface area (Å²) in [6.07, 6.45) is 12.6. The second kappa shape index (κ2) is 14.4. The highest BCUT2D eigenvalue weighted by molar-refractivity contribution is 5.79. The maximum atomic E-state index is 10.7. The number of benzene rings is 2. The maximum absolute atomic E-state index is 10.7. The van der Waals surface area contributed by atoms with Crippen LogP contribution in [0.1, 0.15) is 83.4 Å². The molecule has 0 atom stereocenters. The third kappa shape index (κ3) is 7.86. The quantitative estimate of drug-likeness (QED) is 0.219. The van der Waals surface area contributed by atoms with Gasteiger partial charge in [-0.15, -0.1) is 0 Å². The van der Waals surface area contributed by atoms with Crippen LogP contribution in [-0.2, 0) is 17.8 Å². The molecule has 0 saturated heterocycles. The lowest BCUT2D eigenvalue weighted by molar-refractivity contribution is -0.137. The molecule has 0 bridgehead atoms. The first-order valence-electron chi connectivity index (χ1n) is 13.1. The van der Waals surface area contributed by atoms with Gasteiger partial charge in [-0.25, -0.2) is 4.98 Å². The molecule has 3 rings (SSSR count). The first kappa shape index (κ1) is 25.7. The van der Waals surface area contributed by atoms with Gasteiger partial charge in [0.05, 0.1) is 11.4 Å². The molecule has 0 fully saturated rings. The molecule has 0 amide bonds. The Balaban J connectivity index is 1.81. The molecule has 1 heterocycles. The highest BCUT2D eigenvalue weighted by Crippen LogP contribution is 2.34. The molecule has 34 heavy (non-hydrogen) atoms. The largest absolute Gasteiger partial charge is 0.481 e. The Bertz CT molecular complexity index is 980. The summed E-state index contributed by atoms with van der Waals surface area (Å²) >= 11 is 0. The minimum absolute atomic E-state index is 0.280. The lowest BCUT2D eigenvalue weighted by atomic mass is 10.0. The summed E-state index contributed by atoms with van der Waals surface area (Å²) in [6, 6.07) is 21.2. The number of hydrogen-bond acceptors (Lipinski definition) is 2. The van der Waals surface area contributed by atoms with Gasteiger partial charge in [0.1, 0.15) is 5.82 Å². The van der Waals surface area contributed by atoms with Gasteiger partial charge in [-0.3, -0.25) is 4.79 Å². The number of unbranched alkanes of at least 4 members (excludes halogenated alkanes) is 8. The number of carboxylic acids is 1. The first-order valence-corrected chi connectivity index (χ1v) is 13.1. The first-order chi connectivity index (χ1) is 16.7. The smallest absolute Gasteiger partial charge is 0.303 e. The molecule has 1 N–H and O–H groups in total. The predicted molar refractivity (Wildman–Crippen MR) is 141 cm³/mol. The number of carbonyl (C=O) groups is 1. The average Bonchev–Trinajstić information content (AvgIpc) is 3.22. The van der Waals surface area contributed by atoms with Crippen molar-refractivity contribution in [3.8, 4) is 22.5 Å². The van der Waals surface area contributed by atoms with Crippen molar-refractivity contribution in [1.29, 1.82) is 0 Å². The summed E-state index contributed by atoms with van der Waals surface area (Å²) in [4.78, 5) is 16.0. The minimum Gasteiger partial charge on any atom is -0.481 e. The normalized spacial score (nSPS) is 11.1. The van der Waals surface area contributed by atoms with Crippen LogP contribution in [0.15, 0.2) is 60.7 Å². The number of aromatic nitrogens is 2. The Morgan fingerprint density at radius 2 is 1.35 bits per heavy atom. The second-order valence-corrected chi connectivity index (χ2v) is 9.18. The van der Waals surface area contributed by atoms with Crippen LogP contribution in [0, 0.1) is 0 Å². The highest BCUT2D eigenvalue weighted by Gasteiger charge is 2.19. The van der Waals surface area contributed by atoms with Crippen molar-refractivity contribution < 1.29 is 9.90 Å². The number of aryl methyl sites for hydroxylation is 1. The van der Waals surface area contributed by atoms with E-state index in [4.69, 9.17) is 10.1 Å². The van der Waals surface area contributed by atoms with E-state index >= 15 is 0 Å². The summed E-state index contributed by atoms with van der Waals surface area (Å²) in [7, 11) is 0. The molecule has 0 aliphatic heterocycles. The maximum Gasteiger partial charge on any atom is 0.303 e. The van der Waals surface area contributed by atoms with E-state index < -0.39 is 5.97 Å². The average molecular weight is 461 g/mol. The van der Waals surface area contributed by atoms with Gasteiger partial charge >= 0.3 is 5.97 Å². The molecule has 0 saturated carbocycles. The van der Waals surface area contributed by atoms with E-state index in [9.17, 15) is 4.79 Å². The van der Waals surface area contributed by atoms with Gasteiger partial charge in [0.2, 0.25) is 0 Å². The molecule has 0 aliphatic rings. The van der Waals surface area contributed by atoms with Crippen molar-refractivity contribution in [2.75, 3.05) is 0 Å². The Hall–Kier alpha value is -2.88. The second-order valence-electron chi connectivity index (χ2n) is 9.18. The zero-order valence-corrected chi connectivity index (χ0v) is 20.7. The molecular weight excluding hydrogens is 420 g/mol. The van der Waals surface area contributed by atoms with E-state index in [1.807, 2.05) is 0 Å². The van der Waals surface area contributed by atoms with Gasteiger partial charge in [0.25, 0.3) is 0 Å². The molecule has 4 heteroatoms. The van der Waals surface area contributed by atoms with Gasteiger partial charge in [-0.05, 0) is 19.3 Å². The Labute approximate surface area is 205 Å². The van der Waals surface area contributed by atoms with E-state index in [1.54, 1.807) is 0 Å². The molecule has 0 aliphatic carbocycles. The van der Waals surface area contributed by atoms with Crippen molar-refractivity contribution in [2.45, 2.75) is 90.5 Å². The predicted octanol–water partition coefficient (Wildman–Crippen LogP) is 8.16. The summed E-state index contributed by atoms with van der Waals surface area (Å²) in [5.74, 6) is 0.503. The van der Waals surface area contributed by atoms with Crippen LogP contribution < -0.4 is 0 Å². The fourth-order valence-electron chi connectivity index (χ4n) is 4.58. The van der Waals surface area contributed by atoms with Crippen LogP contribution in [0.5, 0.6) is 0 Å². The van der Waals surface area contributed by atoms with E-state index in [-0.39, 0.29) is 6.42 Å². The van der Waals surface area contributed by atoms with Gasteiger partial charge in [0.15, 0.2) is 0 Å². The zero-order chi connectivity index (χ0) is 24.0. The van der Waals surface area contributed by atoms with Crippen LogP contribution in [0.4, 0.5) is 0 Å². The van der Waals surface area contributed by atoms with Gasteiger partial charge < -0.3 is 9.67 Å². The van der Waals surface area contributed by atoms with Crippen LogP contribution in [-0.4, -0.2) is 20.6 Å². The van der Waals surface area contributed by atoms with E-state index in [1.165, 1.54) is 54.7 Å². The lowest BCUT2D eigenvalue weighted by Gasteiger charge is -2.14. The molecule has 2 aromatic carbocycles. The van der Waals surface area contributed by atoms with Gasteiger partial charge in [0, 0.05) is 30.5 Å². The van der Waals surface area contributed by atoms with Crippen molar-refractivity contribution in [2.24, 2.45) is 0 Å². The Morgan fingerprint density at radius 1 is 0.765 bits per heavy atom. The monoisotopic (exact) mass is 460 g/mol. The molecule has 0 spiro atoms. The molecule has 0 radical (unpaired) electrons. The fraction of sp³-hybridized carbons (Fsp3) is 0.467. The lowest BCUT2D eigenvalue weighted by Crippen LogP contribution is -2.06. The third-order valence-corrected chi connectivity index (χ3v) is 6.42. The molecule has 1 aromatic heterocycles. The van der Waals surface area contributed by atoms with E-state index in [2.05, 4.69) is 72.2 Å². The standard InChI is InChI=1S/C30H40N2O2/c1-2-3-4-6-15-22-27-31-29(25-18-11-9-12-19-25)30(26-20-13-10-14-21-26)32(27)24-17-8-5-7-16-23-28(33)34/h9-14,18-21H,2-8,15-17,22-24H2,1H3,(H,33,34). The number of nitrogens with zero attached hydrogens (tertiary/aromatic N) is 2. The zero-order valence-electron chi connectivity index (χ0n) is 20.7. The molecule has 4 nitrogen and oxygen atoms in total. The summed E-state index contributed by atoms with van der Waals surface area (Å²) in [5, 5.41) is 8.84. The number of carboxylic acid groups (broad SMARTS) is 1. The Morgan fingerprint density at radius 3 is 2.03 bits per heavy atom. The number of hydrogen-bond donors (Lipinski definition) is 1.